The number of anilines is 2. The van der Waals surface area contributed by atoms with Crippen molar-refractivity contribution < 1.29 is 14.3 Å². The highest BCUT2D eigenvalue weighted by Gasteiger charge is 2.24. The summed E-state index contributed by atoms with van der Waals surface area (Å²) in [6.07, 6.45) is 1.36. The van der Waals surface area contributed by atoms with Gasteiger partial charge in [0, 0.05) is 17.4 Å². The average molecular weight is 424 g/mol. The van der Waals surface area contributed by atoms with Gasteiger partial charge < -0.3 is 15.0 Å². The van der Waals surface area contributed by atoms with Crippen LogP contribution in [0.25, 0.3) is 0 Å². The molecule has 2 amide bonds. The molecule has 0 bridgehead atoms. The van der Waals surface area contributed by atoms with Crippen molar-refractivity contribution in [3.63, 3.8) is 0 Å². The molecule has 0 atom stereocenters. The van der Waals surface area contributed by atoms with E-state index < -0.39 is 0 Å². The summed E-state index contributed by atoms with van der Waals surface area (Å²) in [6, 6.07) is 12.4. The number of nitrogens with one attached hydrogen (secondary N) is 1. The molecule has 1 fully saturated rings. The lowest BCUT2D eigenvalue weighted by atomic mass is 10.2. The molecule has 0 aliphatic carbocycles. The van der Waals surface area contributed by atoms with Crippen molar-refractivity contribution in [2.45, 2.75) is 12.8 Å². The van der Waals surface area contributed by atoms with Gasteiger partial charge >= 0.3 is 0 Å². The topological polar surface area (TPSA) is 58.6 Å². The van der Waals surface area contributed by atoms with E-state index in [0.717, 1.165) is 10.9 Å². The van der Waals surface area contributed by atoms with E-state index in [0.29, 0.717) is 35.1 Å². The lowest BCUT2D eigenvalue weighted by Crippen LogP contribution is -2.26. The van der Waals surface area contributed by atoms with Crippen molar-refractivity contribution in [2.75, 3.05) is 23.4 Å². The number of nitrogens with zero attached hydrogens (tertiary/aromatic N) is 1. The molecule has 1 saturated heterocycles. The zero-order valence-corrected chi connectivity index (χ0v) is 15.6. The van der Waals surface area contributed by atoms with Crippen LogP contribution in [-0.4, -0.2) is 25.0 Å². The van der Waals surface area contributed by atoms with Crippen LogP contribution in [0.15, 0.2) is 46.9 Å². The van der Waals surface area contributed by atoms with Crippen LogP contribution in [0.5, 0.6) is 5.75 Å². The molecule has 0 unspecified atom stereocenters. The van der Waals surface area contributed by atoms with E-state index in [1.807, 2.05) is 18.2 Å². The quantitative estimate of drug-likeness (QED) is 0.782. The van der Waals surface area contributed by atoms with Gasteiger partial charge in [0.1, 0.15) is 5.75 Å². The Morgan fingerprint density at radius 3 is 2.84 bits per heavy atom. The van der Waals surface area contributed by atoms with Crippen molar-refractivity contribution in [3.05, 3.63) is 52.0 Å². The molecule has 7 heteroatoms. The molecule has 0 spiro atoms. The van der Waals surface area contributed by atoms with E-state index >= 15 is 0 Å². The van der Waals surface area contributed by atoms with Gasteiger partial charge in [0.2, 0.25) is 5.91 Å². The predicted octanol–water partition coefficient (Wildman–Crippen LogP) is 4.25. The number of benzene rings is 2. The number of ether oxygens (including phenoxy) is 1. The molecule has 3 rings (SSSR count). The van der Waals surface area contributed by atoms with E-state index in [1.165, 1.54) is 0 Å². The Morgan fingerprint density at radius 2 is 2.08 bits per heavy atom. The van der Waals surface area contributed by atoms with Gasteiger partial charge in [-0.3, -0.25) is 9.59 Å². The predicted molar refractivity (Wildman–Crippen MR) is 101 cm³/mol. The first-order valence-electron chi connectivity index (χ1n) is 7.81. The van der Waals surface area contributed by atoms with Crippen LogP contribution in [-0.2, 0) is 9.59 Å². The maximum Gasteiger partial charge on any atom is 0.262 e. The first-order chi connectivity index (χ1) is 12.0. The summed E-state index contributed by atoms with van der Waals surface area (Å²) >= 11 is 9.38. The molecule has 1 heterocycles. The molecule has 130 valence electrons. The number of carbonyl (C=O) groups excluding carboxylic acids is 2. The molecular weight excluding hydrogens is 408 g/mol. The van der Waals surface area contributed by atoms with Crippen LogP contribution in [0.2, 0.25) is 5.02 Å². The highest BCUT2D eigenvalue weighted by Crippen LogP contribution is 2.30. The summed E-state index contributed by atoms with van der Waals surface area (Å²) in [4.78, 5) is 25.9. The van der Waals surface area contributed by atoms with Crippen molar-refractivity contribution in [2.24, 2.45) is 0 Å². The summed E-state index contributed by atoms with van der Waals surface area (Å²) < 4.78 is 6.29. The van der Waals surface area contributed by atoms with Crippen molar-refractivity contribution in [1.29, 1.82) is 0 Å². The normalized spacial score (nSPS) is 13.8. The molecule has 0 radical (unpaired) electrons. The Hall–Kier alpha value is -2.05. The van der Waals surface area contributed by atoms with Gasteiger partial charge in [-0.05, 0) is 36.8 Å². The number of halogens is 2. The van der Waals surface area contributed by atoms with Gasteiger partial charge in [0.25, 0.3) is 5.91 Å². The third kappa shape index (κ3) is 4.32. The van der Waals surface area contributed by atoms with Crippen LogP contribution in [0, 0.1) is 0 Å². The molecule has 2 aromatic rings. The Balaban J connectivity index is 1.67. The van der Waals surface area contributed by atoms with Gasteiger partial charge in [0.15, 0.2) is 6.61 Å². The second-order valence-corrected chi connectivity index (χ2v) is 6.90. The molecule has 1 aliphatic heterocycles. The number of carbonyl (C=O) groups is 2. The van der Waals surface area contributed by atoms with Gasteiger partial charge in [-0.15, -0.1) is 0 Å². The standard InChI is InChI=1S/C18H16BrClN2O3/c19-12-7-8-13(20)16(10-12)25-11-17(23)21-14-4-1-2-5-15(14)22-9-3-6-18(22)24/h1-2,4-5,7-8,10H,3,6,9,11H2,(H,21,23). The van der Waals surface area contributed by atoms with Crippen molar-refractivity contribution in [3.8, 4) is 5.75 Å². The summed E-state index contributed by atoms with van der Waals surface area (Å²) in [5.74, 6) is 0.170. The average Bonchev–Trinajstić information content (AvgIpc) is 3.02. The van der Waals surface area contributed by atoms with Crippen LogP contribution in [0.1, 0.15) is 12.8 Å². The minimum Gasteiger partial charge on any atom is -0.482 e. The smallest absolute Gasteiger partial charge is 0.262 e. The Kier molecular flexibility index (Phi) is 5.60. The van der Waals surface area contributed by atoms with Crippen LogP contribution >= 0.6 is 27.5 Å². The molecule has 5 nitrogen and oxygen atoms in total. The highest BCUT2D eigenvalue weighted by atomic mass is 79.9. The zero-order chi connectivity index (χ0) is 17.8. The van der Waals surface area contributed by atoms with Crippen LogP contribution in [0.4, 0.5) is 11.4 Å². The minimum absolute atomic E-state index is 0.0684. The lowest BCUT2D eigenvalue weighted by Gasteiger charge is -2.20. The van der Waals surface area contributed by atoms with Crippen molar-refractivity contribution >= 4 is 50.7 Å². The van der Waals surface area contributed by atoms with E-state index in [1.54, 1.807) is 29.2 Å². The fourth-order valence-electron chi connectivity index (χ4n) is 2.63. The molecular formula is C18H16BrClN2O3. The van der Waals surface area contributed by atoms with E-state index in [9.17, 15) is 9.59 Å². The molecule has 1 N–H and O–H groups in total. The Labute approximate surface area is 159 Å². The number of hydrogen-bond acceptors (Lipinski definition) is 3. The summed E-state index contributed by atoms with van der Waals surface area (Å²) in [7, 11) is 0. The molecule has 0 saturated carbocycles. The van der Waals surface area contributed by atoms with Gasteiger partial charge in [-0.1, -0.05) is 39.7 Å². The summed E-state index contributed by atoms with van der Waals surface area (Å²) in [5, 5.41) is 3.23. The van der Waals surface area contributed by atoms with Crippen LogP contribution < -0.4 is 15.0 Å². The number of hydrogen-bond donors (Lipinski definition) is 1. The number of para-hydroxylation sites is 2. The maximum absolute atomic E-state index is 12.2. The highest BCUT2D eigenvalue weighted by molar-refractivity contribution is 9.10. The maximum atomic E-state index is 12.2. The Morgan fingerprint density at radius 1 is 1.28 bits per heavy atom. The molecule has 2 aromatic carbocycles. The zero-order valence-electron chi connectivity index (χ0n) is 13.3. The van der Waals surface area contributed by atoms with Gasteiger partial charge in [0.05, 0.1) is 16.4 Å². The SMILES string of the molecule is O=C(COc1cc(Br)ccc1Cl)Nc1ccccc1N1CCCC1=O. The Bertz CT molecular complexity index is 813. The van der Waals surface area contributed by atoms with Crippen LogP contribution in [0.3, 0.4) is 0 Å². The largest absolute Gasteiger partial charge is 0.482 e. The van der Waals surface area contributed by atoms with Crippen molar-refractivity contribution in [1.82, 2.24) is 0 Å². The second-order valence-electron chi connectivity index (χ2n) is 5.58. The lowest BCUT2D eigenvalue weighted by molar-refractivity contribution is -0.118. The fourth-order valence-corrected chi connectivity index (χ4v) is 3.15. The van der Waals surface area contributed by atoms with E-state index in [4.69, 9.17) is 16.3 Å². The van der Waals surface area contributed by atoms with Gasteiger partial charge in [-0.25, -0.2) is 0 Å². The minimum atomic E-state index is -0.324. The molecule has 25 heavy (non-hydrogen) atoms. The third-order valence-electron chi connectivity index (χ3n) is 3.79. The third-order valence-corrected chi connectivity index (χ3v) is 4.60. The summed E-state index contributed by atoms with van der Waals surface area (Å²) in [6.45, 7) is 0.480. The van der Waals surface area contributed by atoms with Gasteiger partial charge in [-0.2, -0.15) is 0 Å². The first kappa shape index (κ1) is 17.8. The first-order valence-corrected chi connectivity index (χ1v) is 8.99. The number of amides is 2. The monoisotopic (exact) mass is 422 g/mol. The summed E-state index contributed by atoms with van der Waals surface area (Å²) in [5.41, 5.74) is 1.30. The molecule has 1 aliphatic rings. The second kappa shape index (κ2) is 7.89. The van der Waals surface area contributed by atoms with E-state index in [2.05, 4.69) is 21.2 Å². The molecule has 0 aromatic heterocycles. The van der Waals surface area contributed by atoms with E-state index in [-0.39, 0.29) is 18.4 Å². The fraction of sp³-hybridized carbons (Fsp3) is 0.222. The number of rotatable bonds is 5.